The van der Waals surface area contributed by atoms with Gasteiger partial charge in [-0.05, 0) is 34.4 Å². The van der Waals surface area contributed by atoms with Crippen LogP contribution in [0.4, 0.5) is 0 Å². The van der Waals surface area contributed by atoms with E-state index in [4.69, 9.17) is 17.3 Å². The molecule has 2 heterocycles. The van der Waals surface area contributed by atoms with Gasteiger partial charge in [-0.2, -0.15) is 4.37 Å². The molecular weight excluding hydrogens is 474 g/mol. The molecule has 0 fully saturated rings. The van der Waals surface area contributed by atoms with Crippen LogP contribution in [0.3, 0.4) is 0 Å². The van der Waals surface area contributed by atoms with Crippen molar-refractivity contribution in [3.8, 4) is 28.3 Å². The predicted molar refractivity (Wildman–Crippen MR) is 132 cm³/mol. The Morgan fingerprint density at radius 2 is 1.68 bits per heavy atom. The molecule has 34 heavy (non-hydrogen) atoms. The van der Waals surface area contributed by atoms with Gasteiger partial charge in [-0.15, -0.1) is 0 Å². The molecule has 5 aromatic rings. The minimum atomic E-state index is -1.87. The minimum Gasteiger partial charge on any atom is -0.505 e. The van der Waals surface area contributed by atoms with E-state index in [2.05, 4.69) is 9.36 Å². The van der Waals surface area contributed by atoms with Gasteiger partial charge in [0.05, 0.1) is 21.5 Å². The van der Waals surface area contributed by atoms with Gasteiger partial charge in [0.15, 0.2) is 17.5 Å². The van der Waals surface area contributed by atoms with Gasteiger partial charge in [-0.1, -0.05) is 66.2 Å². The van der Waals surface area contributed by atoms with E-state index in [9.17, 15) is 19.8 Å². The van der Waals surface area contributed by atoms with Gasteiger partial charge in [0.2, 0.25) is 5.78 Å². The number of rotatable bonds is 5. The van der Waals surface area contributed by atoms with Crippen LogP contribution in [-0.2, 0) is 4.79 Å². The first-order valence-corrected chi connectivity index (χ1v) is 11.3. The van der Waals surface area contributed by atoms with Gasteiger partial charge in [0.1, 0.15) is 0 Å². The number of halogens is 1. The first-order valence-electron chi connectivity index (χ1n) is 10.2. The van der Waals surface area contributed by atoms with Crippen molar-refractivity contribution in [2.75, 3.05) is 0 Å². The second-order valence-corrected chi connectivity index (χ2v) is 8.82. The topological polar surface area (TPSA) is 126 Å². The maximum Gasteiger partial charge on any atom is 0.328 e. The SMILES string of the molecule is NC(C(=O)O)C(=O)c1nc(-c2cccc3ccccc23)c2snc(-c3ccc(Cl)cc3)c2c1O. The fourth-order valence-corrected chi connectivity index (χ4v) is 4.89. The first-order chi connectivity index (χ1) is 16.4. The zero-order valence-electron chi connectivity index (χ0n) is 17.4. The number of aliphatic carboxylic acids is 1. The van der Waals surface area contributed by atoms with Crippen molar-refractivity contribution in [1.29, 1.82) is 0 Å². The molecule has 7 nitrogen and oxygen atoms in total. The molecule has 9 heteroatoms. The highest BCUT2D eigenvalue weighted by Crippen LogP contribution is 2.44. The number of carboxylic acids is 1. The Balaban J connectivity index is 1.87. The molecule has 1 atom stereocenters. The number of aromatic nitrogens is 2. The van der Waals surface area contributed by atoms with E-state index in [1.165, 1.54) is 0 Å². The summed E-state index contributed by atoms with van der Waals surface area (Å²) in [5.74, 6) is -2.97. The second kappa shape index (κ2) is 8.49. The molecular formula is C25H16ClN3O4S. The average molecular weight is 490 g/mol. The Kier molecular flexibility index (Phi) is 5.49. The van der Waals surface area contributed by atoms with Crippen LogP contribution < -0.4 is 5.73 Å². The largest absolute Gasteiger partial charge is 0.505 e. The molecule has 2 aromatic heterocycles. The molecule has 0 amide bonds. The van der Waals surface area contributed by atoms with Gasteiger partial charge in [0, 0.05) is 16.1 Å². The molecule has 4 N–H and O–H groups in total. The van der Waals surface area contributed by atoms with E-state index in [1.807, 2.05) is 42.5 Å². The van der Waals surface area contributed by atoms with Crippen LogP contribution in [0.5, 0.6) is 5.75 Å². The van der Waals surface area contributed by atoms with Crippen LogP contribution in [0, 0.1) is 0 Å². The minimum absolute atomic E-state index is 0.297. The van der Waals surface area contributed by atoms with Crippen LogP contribution in [-0.4, -0.2) is 37.4 Å². The quantitative estimate of drug-likeness (QED) is 0.230. The van der Waals surface area contributed by atoms with Gasteiger partial charge >= 0.3 is 5.97 Å². The summed E-state index contributed by atoms with van der Waals surface area (Å²) in [6.45, 7) is 0. The van der Waals surface area contributed by atoms with Crippen molar-refractivity contribution in [1.82, 2.24) is 9.36 Å². The summed E-state index contributed by atoms with van der Waals surface area (Å²) in [4.78, 5) is 28.8. The van der Waals surface area contributed by atoms with Crippen molar-refractivity contribution in [3.05, 3.63) is 77.4 Å². The standard InChI is InChI=1S/C25H16ClN3O4S/c26-14-10-8-13(9-11-14)19-17-22(30)21(23(31)18(27)25(32)33)28-20(24(17)34-29-19)16-7-3-5-12-4-1-2-6-15(12)16/h1-11,18,30H,27H2,(H,32,33). The third-order valence-electron chi connectivity index (χ3n) is 5.54. The molecule has 3 aromatic carbocycles. The lowest BCUT2D eigenvalue weighted by Gasteiger charge is -2.13. The summed E-state index contributed by atoms with van der Waals surface area (Å²) in [5.41, 5.74) is 7.40. The lowest BCUT2D eigenvalue weighted by Crippen LogP contribution is -2.39. The predicted octanol–water partition coefficient (Wildman–Crippen LogP) is 5.13. The molecule has 0 radical (unpaired) electrons. The van der Waals surface area contributed by atoms with Crippen molar-refractivity contribution in [3.63, 3.8) is 0 Å². The smallest absolute Gasteiger partial charge is 0.328 e. The van der Waals surface area contributed by atoms with E-state index < -0.39 is 29.2 Å². The Hall–Kier alpha value is -3.85. The molecule has 0 spiro atoms. The fraction of sp³-hybridized carbons (Fsp3) is 0.0400. The Bertz CT molecular complexity index is 1590. The zero-order valence-corrected chi connectivity index (χ0v) is 19.0. The van der Waals surface area contributed by atoms with E-state index in [-0.39, 0.29) is 0 Å². The van der Waals surface area contributed by atoms with E-state index in [0.29, 0.717) is 37.6 Å². The van der Waals surface area contributed by atoms with Crippen LogP contribution in [0.25, 0.3) is 43.4 Å². The number of carboxylic acid groups (broad SMARTS) is 1. The molecule has 0 aliphatic rings. The summed E-state index contributed by atoms with van der Waals surface area (Å²) in [5, 5.41) is 23.1. The Morgan fingerprint density at radius 1 is 0.971 bits per heavy atom. The number of benzene rings is 3. The van der Waals surface area contributed by atoms with Crippen molar-refractivity contribution in [2.45, 2.75) is 6.04 Å². The molecule has 0 saturated carbocycles. The monoisotopic (exact) mass is 489 g/mol. The Morgan fingerprint density at radius 3 is 2.41 bits per heavy atom. The highest BCUT2D eigenvalue weighted by molar-refractivity contribution is 7.14. The number of hydrogen-bond donors (Lipinski definition) is 3. The van der Waals surface area contributed by atoms with Crippen LogP contribution >= 0.6 is 23.1 Å². The van der Waals surface area contributed by atoms with Gasteiger partial charge in [-0.3, -0.25) is 9.59 Å². The van der Waals surface area contributed by atoms with E-state index in [1.54, 1.807) is 24.3 Å². The maximum absolute atomic E-state index is 12.9. The van der Waals surface area contributed by atoms with Gasteiger partial charge in [0.25, 0.3) is 0 Å². The molecule has 0 saturated heterocycles. The molecule has 168 valence electrons. The molecule has 0 aliphatic carbocycles. The third-order valence-corrected chi connectivity index (χ3v) is 6.64. The number of nitrogens with zero attached hydrogens (tertiary/aromatic N) is 2. The Labute approximate surface area is 202 Å². The van der Waals surface area contributed by atoms with Gasteiger partial charge < -0.3 is 15.9 Å². The van der Waals surface area contributed by atoms with Gasteiger partial charge in [-0.25, -0.2) is 4.98 Å². The summed E-state index contributed by atoms with van der Waals surface area (Å²) < 4.78 is 5.10. The number of Topliss-reactive ketones (excluding diaryl/α,β-unsaturated/α-hetero) is 1. The summed E-state index contributed by atoms with van der Waals surface area (Å²) in [6.07, 6.45) is 0. The van der Waals surface area contributed by atoms with E-state index >= 15 is 0 Å². The fourth-order valence-electron chi connectivity index (χ4n) is 3.86. The number of aromatic hydroxyl groups is 1. The lowest BCUT2D eigenvalue weighted by molar-refractivity contribution is -0.137. The van der Waals surface area contributed by atoms with Crippen LogP contribution in [0.1, 0.15) is 10.5 Å². The summed E-state index contributed by atoms with van der Waals surface area (Å²) >= 11 is 7.15. The van der Waals surface area contributed by atoms with E-state index in [0.717, 1.165) is 22.3 Å². The number of carbonyl (C=O) groups is 2. The number of nitrogens with two attached hydrogens (primary N) is 1. The second-order valence-electron chi connectivity index (χ2n) is 7.61. The molecule has 0 aliphatic heterocycles. The highest BCUT2D eigenvalue weighted by atomic mass is 35.5. The normalized spacial score (nSPS) is 12.2. The van der Waals surface area contributed by atoms with Crippen molar-refractivity contribution >= 4 is 55.7 Å². The van der Waals surface area contributed by atoms with Crippen molar-refractivity contribution < 1.29 is 19.8 Å². The molecule has 5 rings (SSSR count). The highest BCUT2D eigenvalue weighted by Gasteiger charge is 2.31. The first kappa shape index (κ1) is 22.0. The number of hydrogen-bond acceptors (Lipinski definition) is 7. The average Bonchev–Trinajstić information content (AvgIpc) is 3.29. The number of carbonyl (C=O) groups excluding carboxylic acids is 1. The van der Waals surface area contributed by atoms with Crippen molar-refractivity contribution in [2.24, 2.45) is 5.73 Å². The third kappa shape index (κ3) is 3.58. The zero-order chi connectivity index (χ0) is 24.0. The molecule has 0 bridgehead atoms. The summed E-state index contributed by atoms with van der Waals surface area (Å²) in [7, 11) is 0. The molecule has 1 unspecified atom stereocenters. The number of pyridine rings is 1. The summed E-state index contributed by atoms with van der Waals surface area (Å²) in [6, 6.07) is 18.4. The van der Waals surface area contributed by atoms with Crippen LogP contribution in [0.15, 0.2) is 66.7 Å². The van der Waals surface area contributed by atoms with Crippen LogP contribution in [0.2, 0.25) is 5.02 Å². The lowest BCUT2D eigenvalue weighted by atomic mass is 9.98. The maximum atomic E-state index is 12.9. The number of fused-ring (bicyclic) bond motifs is 2. The number of ketones is 1.